The van der Waals surface area contributed by atoms with E-state index < -0.39 is 0 Å². The Labute approximate surface area is 250 Å². The molecule has 0 radical (unpaired) electrons. The molecule has 0 spiro atoms. The molecule has 2 heteroatoms. The number of rotatable bonds is 6. The lowest BCUT2D eigenvalue weighted by Crippen LogP contribution is -2.30. The van der Waals surface area contributed by atoms with Crippen molar-refractivity contribution in [1.82, 2.24) is 9.97 Å². The molecule has 1 saturated carbocycles. The summed E-state index contributed by atoms with van der Waals surface area (Å²) in [6.45, 7) is 0. The Morgan fingerprint density at radius 1 is 0.500 bits per heavy atom. The van der Waals surface area contributed by atoms with Crippen LogP contribution in [0.3, 0.4) is 0 Å². The molecule has 2 nitrogen and oxygen atoms in total. The number of hydrogen-bond donors (Lipinski definition) is 0. The van der Waals surface area contributed by atoms with Crippen LogP contribution < -0.4 is 0 Å². The Hall–Kier alpha value is -4.30. The average molecular weight is 547 g/mol. The van der Waals surface area contributed by atoms with Crippen molar-refractivity contribution < 1.29 is 0 Å². The van der Waals surface area contributed by atoms with Crippen molar-refractivity contribution in [2.24, 2.45) is 0 Å². The predicted octanol–water partition coefficient (Wildman–Crippen LogP) is 10.5. The molecule has 3 aromatic carbocycles. The highest BCUT2D eigenvalue weighted by atomic mass is 14.9. The van der Waals surface area contributed by atoms with Gasteiger partial charge in [0.05, 0.1) is 11.4 Å². The molecule has 1 aromatic heterocycles. The molecule has 7 rings (SSSR count). The number of allylic oxidation sites excluding steroid dienone is 8. The normalized spacial score (nSPS) is 17.9. The Morgan fingerprint density at radius 3 is 1.71 bits per heavy atom. The van der Waals surface area contributed by atoms with Gasteiger partial charge in [0.1, 0.15) is 0 Å². The predicted molar refractivity (Wildman–Crippen MR) is 176 cm³/mol. The van der Waals surface area contributed by atoms with Gasteiger partial charge in [-0.3, -0.25) is 0 Å². The summed E-state index contributed by atoms with van der Waals surface area (Å²) in [6, 6.07) is 31.2. The lowest BCUT2D eigenvalue weighted by Gasteiger charge is -2.39. The topological polar surface area (TPSA) is 25.8 Å². The van der Waals surface area contributed by atoms with E-state index >= 15 is 0 Å². The molecule has 3 aliphatic rings. The highest BCUT2D eigenvalue weighted by Crippen LogP contribution is 2.45. The van der Waals surface area contributed by atoms with E-state index in [0.29, 0.717) is 0 Å². The third-order valence-corrected chi connectivity index (χ3v) is 9.26. The van der Waals surface area contributed by atoms with Crippen LogP contribution in [0.2, 0.25) is 0 Å². The zero-order valence-electron chi connectivity index (χ0n) is 24.3. The monoisotopic (exact) mass is 546 g/mol. The second-order valence-corrected chi connectivity index (χ2v) is 11.9. The molecule has 0 N–H and O–H groups in total. The van der Waals surface area contributed by atoms with E-state index in [0.717, 1.165) is 54.0 Å². The van der Waals surface area contributed by atoms with E-state index in [-0.39, 0.29) is 5.41 Å². The molecular weight excluding hydrogens is 508 g/mol. The molecule has 0 saturated heterocycles. The van der Waals surface area contributed by atoms with Gasteiger partial charge < -0.3 is 0 Å². The second kappa shape index (κ2) is 11.9. The SMILES string of the molecule is C1=CC(c2ccc(C3(c4ccc(-c5nc(C6=CCCC=C6)cc(-c6ccccc6)n5)cc4)CCCCC3)cc2)=CCC1. The molecule has 0 bridgehead atoms. The van der Waals surface area contributed by atoms with Crippen LogP contribution in [0.1, 0.15) is 80.2 Å². The summed E-state index contributed by atoms with van der Waals surface area (Å²) in [5.74, 6) is 0.786. The fourth-order valence-electron chi connectivity index (χ4n) is 6.93. The van der Waals surface area contributed by atoms with Gasteiger partial charge in [0.25, 0.3) is 0 Å². The minimum atomic E-state index is 0.0572. The Morgan fingerprint density at radius 2 is 1.10 bits per heavy atom. The third-order valence-electron chi connectivity index (χ3n) is 9.26. The van der Waals surface area contributed by atoms with Gasteiger partial charge in [-0.2, -0.15) is 0 Å². The Kier molecular flexibility index (Phi) is 7.53. The van der Waals surface area contributed by atoms with Crippen LogP contribution in [0, 0.1) is 0 Å². The zero-order chi connectivity index (χ0) is 28.2. The van der Waals surface area contributed by atoms with Crippen molar-refractivity contribution in [3.63, 3.8) is 0 Å². The number of aromatic nitrogens is 2. The number of hydrogen-bond acceptors (Lipinski definition) is 2. The molecule has 0 unspecified atom stereocenters. The summed E-state index contributed by atoms with van der Waals surface area (Å²) >= 11 is 0. The van der Waals surface area contributed by atoms with Gasteiger partial charge in [-0.15, -0.1) is 0 Å². The maximum Gasteiger partial charge on any atom is 0.160 e. The molecule has 0 atom stereocenters. The highest BCUT2D eigenvalue weighted by molar-refractivity contribution is 5.77. The van der Waals surface area contributed by atoms with Crippen LogP contribution in [0.15, 0.2) is 121 Å². The fourth-order valence-corrected chi connectivity index (χ4v) is 6.93. The third kappa shape index (κ3) is 5.34. The molecule has 42 heavy (non-hydrogen) atoms. The molecule has 0 amide bonds. The van der Waals surface area contributed by atoms with Crippen molar-refractivity contribution in [2.45, 2.75) is 63.2 Å². The number of nitrogens with zero attached hydrogens (tertiary/aromatic N) is 2. The summed E-state index contributed by atoms with van der Waals surface area (Å²) in [5, 5.41) is 0. The molecular formula is C40H38N2. The number of benzene rings is 3. The lowest BCUT2D eigenvalue weighted by molar-refractivity contribution is 0.346. The van der Waals surface area contributed by atoms with Crippen LogP contribution in [0.4, 0.5) is 0 Å². The summed E-state index contributed by atoms with van der Waals surface area (Å²) in [5.41, 5.74) is 10.9. The van der Waals surface area contributed by atoms with Gasteiger partial charge in [-0.05, 0) is 72.4 Å². The first-order valence-electron chi connectivity index (χ1n) is 15.7. The van der Waals surface area contributed by atoms with E-state index in [1.807, 2.05) is 0 Å². The van der Waals surface area contributed by atoms with Crippen LogP contribution in [0.5, 0.6) is 0 Å². The van der Waals surface area contributed by atoms with E-state index in [1.165, 1.54) is 59.9 Å². The van der Waals surface area contributed by atoms with Crippen molar-refractivity contribution in [3.05, 3.63) is 144 Å². The maximum absolute atomic E-state index is 5.08. The van der Waals surface area contributed by atoms with E-state index in [2.05, 4.69) is 121 Å². The van der Waals surface area contributed by atoms with Gasteiger partial charge >= 0.3 is 0 Å². The van der Waals surface area contributed by atoms with E-state index in [9.17, 15) is 0 Å². The average Bonchev–Trinajstić information content (AvgIpc) is 3.10. The summed E-state index contributed by atoms with van der Waals surface area (Å²) in [4.78, 5) is 10.2. The van der Waals surface area contributed by atoms with Crippen LogP contribution in [0.25, 0.3) is 33.8 Å². The molecule has 1 fully saturated rings. The first kappa shape index (κ1) is 26.6. The summed E-state index contributed by atoms with van der Waals surface area (Å²) in [7, 11) is 0. The largest absolute Gasteiger partial charge is 0.228 e. The molecule has 3 aliphatic carbocycles. The lowest BCUT2D eigenvalue weighted by atomic mass is 9.65. The fraction of sp³-hybridized carbons (Fsp3) is 0.250. The van der Waals surface area contributed by atoms with E-state index in [4.69, 9.17) is 9.97 Å². The molecule has 0 aliphatic heterocycles. The smallest absolute Gasteiger partial charge is 0.160 e. The van der Waals surface area contributed by atoms with Gasteiger partial charge in [0, 0.05) is 16.5 Å². The van der Waals surface area contributed by atoms with Gasteiger partial charge in [-0.1, -0.05) is 135 Å². The standard InChI is InChI=1S/C40H38N2/c1-5-13-30(14-6-1)31-19-23-35(24-20-31)40(27-11-4-12-28-40)36-25-21-34(22-26-36)39-41-37(32-15-7-2-8-16-32)29-38(42-39)33-17-9-3-10-18-33/h2,5,7-9,13-26,29H,1,3-4,6,10-12,27-28H2. The quantitative estimate of drug-likeness (QED) is 0.240. The van der Waals surface area contributed by atoms with Crippen molar-refractivity contribution in [3.8, 4) is 22.6 Å². The zero-order valence-corrected chi connectivity index (χ0v) is 24.3. The van der Waals surface area contributed by atoms with Gasteiger partial charge in [0.2, 0.25) is 0 Å². The summed E-state index contributed by atoms with van der Waals surface area (Å²) in [6.07, 6.45) is 24.3. The molecule has 208 valence electrons. The summed E-state index contributed by atoms with van der Waals surface area (Å²) < 4.78 is 0. The highest BCUT2D eigenvalue weighted by Gasteiger charge is 2.35. The maximum atomic E-state index is 5.08. The Bertz CT molecular complexity index is 1660. The Balaban J connectivity index is 1.25. The van der Waals surface area contributed by atoms with Crippen LogP contribution in [-0.4, -0.2) is 9.97 Å². The first-order chi connectivity index (χ1) is 20.8. The second-order valence-electron chi connectivity index (χ2n) is 11.9. The molecule has 1 heterocycles. The first-order valence-corrected chi connectivity index (χ1v) is 15.7. The minimum Gasteiger partial charge on any atom is -0.228 e. The van der Waals surface area contributed by atoms with Gasteiger partial charge in [-0.25, -0.2) is 9.97 Å². The van der Waals surface area contributed by atoms with Gasteiger partial charge in [0.15, 0.2) is 5.82 Å². The van der Waals surface area contributed by atoms with Crippen molar-refractivity contribution >= 4 is 11.1 Å². The molecule has 4 aromatic rings. The van der Waals surface area contributed by atoms with E-state index in [1.54, 1.807) is 0 Å². The van der Waals surface area contributed by atoms with Crippen molar-refractivity contribution in [2.75, 3.05) is 0 Å². The van der Waals surface area contributed by atoms with Crippen LogP contribution >= 0.6 is 0 Å². The minimum absolute atomic E-state index is 0.0572. The van der Waals surface area contributed by atoms with Crippen molar-refractivity contribution in [1.29, 1.82) is 0 Å². The van der Waals surface area contributed by atoms with Crippen LogP contribution in [-0.2, 0) is 5.41 Å².